The highest BCUT2D eigenvalue weighted by Crippen LogP contribution is 2.25. The minimum absolute atomic E-state index is 0.256. The Labute approximate surface area is 141 Å². The SMILES string of the molecule is CCC/C=C(/C)N1C=C(C(=O)CN2CCCCC2)C=C(C)C1C. The third kappa shape index (κ3) is 4.81. The van der Waals surface area contributed by atoms with Crippen molar-refractivity contribution in [3.8, 4) is 0 Å². The molecule has 0 saturated carbocycles. The fourth-order valence-electron chi connectivity index (χ4n) is 3.31. The molecule has 0 spiro atoms. The normalized spacial score (nSPS) is 23.6. The lowest BCUT2D eigenvalue weighted by Gasteiger charge is -2.34. The molecule has 0 amide bonds. The summed E-state index contributed by atoms with van der Waals surface area (Å²) >= 11 is 0. The van der Waals surface area contributed by atoms with Crippen molar-refractivity contribution in [3.63, 3.8) is 0 Å². The van der Waals surface area contributed by atoms with E-state index in [-0.39, 0.29) is 5.78 Å². The molecule has 128 valence electrons. The molecular formula is C20H32N2O. The molecule has 1 saturated heterocycles. The fraction of sp³-hybridized carbons (Fsp3) is 0.650. The summed E-state index contributed by atoms with van der Waals surface area (Å²) in [6.07, 6.45) is 12.4. The third-order valence-electron chi connectivity index (χ3n) is 5.01. The molecule has 3 heteroatoms. The van der Waals surface area contributed by atoms with Crippen molar-refractivity contribution in [2.45, 2.75) is 65.8 Å². The third-order valence-corrected chi connectivity index (χ3v) is 5.01. The maximum absolute atomic E-state index is 12.7. The van der Waals surface area contributed by atoms with Gasteiger partial charge in [0.15, 0.2) is 5.78 Å². The van der Waals surface area contributed by atoms with Gasteiger partial charge in [-0.15, -0.1) is 0 Å². The number of hydrogen-bond acceptors (Lipinski definition) is 3. The first-order valence-electron chi connectivity index (χ1n) is 9.13. The van der Waals surface area contributed by atoms with Gasteiger partial charge in [-0.2, -0.15) is 0 Å². The van der Waals surface area contributed by atoms with Crippen molar-refractivity contribution in [3.05, 3.63) is 35.2 Å². The first kappa shape index (κ1) is 18.0. The van der Waals surface area contributed by atoms with E-state index in [0.29, 0.717) is 12.6 Å². The van der Waals surface area contributed by atoms with Crippen LogP contribution >= 0.6 is 0 Å². The van der Waals surface area contributed by atoms with Crippen LogP contribution in [-0.4, -0.2) is 41.3 Å². The van der Waals surface area contributed by atoms with Crippen LogP contribution in [0.15, 0.2) is 35.2 Å². The van der Waals surface area contributed by atoms with Gasteiger partial charge in [0.2, 0.25) is 0 Å². The van der Waals surface area contributed by atoms with Gasteiger partial charge < -0.3 is 4.90 Å². The van der Waals surface area contributed by atoms with E-state index in [2.05, 4.69) is 55.8 Å². The first-order valence-corrected chi connectivity index (χ1v) is 9.13. The standard InChI is InChI=1S/C20H32N2O/c1-5-6-10-17(3)22-14-19(13-16(2)18(22)4)20(23)15-21-11-8-7-9-12-21/h10,13-14,18H,5-9,11-12,15H2,1-4H3/b17-10-. The molecule has 0 aromatic rings. The Kier molecular flexibility index (Phi) is 6.64. The Morgan fingerprint density at radius 3 is 2.65 bits per heavy atom. The van der Waals surface area contributed by atoms with Gasteiger partial charge in [-0.05, 0) is 59.2 Å². The molecule has 1 unspecified atom stereocenters. The number of likely N-dealkylation sites (tertiary alicyclic amines) is 1. The average molecular weight is 316 g/mol. The van der Waals surface area contributed by atoms with E-state index in [1.165, 1.54) is 30.5 Å². The second-order valence-corrected chi connectivity index (χ2v) is 6.95. The van der Waals surface area contributed by atoms with Crippen LogP contribution in [0, 0.1) is 0 Å². The van der Waals surface area contributed by atoms with Crippen LogP contribution in [0.2, 0.25) is 0 Å². The summed E-state index contributed by atoms with van der Waals surface area (Å²) in [6, 6.07) is 0.328. The van der Waals surface area contributed by atoms with Crippen LogP contribution in [0.25, 0.3) is 0 Å². The largest absolute Gasteiger partial charge is 0.345 e. The van der Waals surface area contributed by atoms with Crippen LogP contribution in [0.4, 0.5) is 0 Å². The summed E-state index contributed by atoms with van der Waals surface area (Å²) in [7, 11) is 0. The quantitative estimate of drug-likeness (QED) is 0.731. The molecule has 23 heavy (non-hydrogen) atoms. The summed E-state index contributed by atoms with van der Waals surface area (Å²) < 4.78 is 0. The monoisotopic (exact) mass is 316 g/mol. The Morgan fingerprint density at radius 2 is 2.00 bits per heavy atom. The Morgan fingerprint density at radius 1 is 1.30 bits per heavy atom. The highest BCUT2D eigenvalue weighted by molar-refractivity contribution is 5.99. The summed E-state index contributed by atoms with van der Waals surface area (Å²) in [5.74, 6) is 0.256. The van der Waals surface area contributed by atoms with Crippen molar-refractivity contribution < 1.29 is 4.79 Å². The average Bonchev–Trinajstić information content (AvgIpc) is 2.55. The van der Waals surface area contributed by atoms with E-state index in [1.807, 2.05) is 0 Å². The number of allylic oxidation sites excluding steroid dienone is 3. The molecule has 1 fully saturated rings. The van der Waals surface area contributed by atoms with Gasteiger partial charge in [-0.3, -0.25) is 9.69 Å². The molecular weight excluding hydrogens is 284 g/mol. The maximum atomic E-state index is 12.7. The van der Waals surface area contributed by atoms with Crippen LogP contribution < -0.4 is 0 Å². The maximum Gasteiger partial charge on any atom is 0.178 e. The molecule has 0 bridgehead atoms. The summed E-state index contributed by atoms with van der Waals surface area (Å²) in [4.78, 5) is 17.3. The van der Waals surface area contributed by atoms with Crippen LogP contribution in [0.3, 0.4) is 0 Å². The number of nitrogens with zero attached hydrogens (tertiary/aromatic N) is 2. The van der Waals surface area contributed by atoms with Gasteiger partial charge in [0.05, 0.1) is 12.6 Å². The number of unbranched alkanes of at least 4 members (excludes halogenated alkanes) is 1. The molecule has 2 rings (SSSR count). The number of Topliss-reactive ketones (excluding diaryl/α,β-unsaturated/α-hetero) is 1. The molecule has 0 radical (unpaired) electrons. The number of carbonyl (C=O) groups is 1. The van der Waals surface area contributed by atoms with Gasteiger partial charge in [-0.25, -0.2) is 0 Å². The van der Waals surface area contributed by atoms with Crippen molar-refractivity contribution in [1.82, 2.24) is 9.80 Å². The zero-order chi connectivity index (χ0) is 16.8. The molecule has 0 aliphatic carbocycles. The van der Waals surface area contributed by atoms with E-state index in [9.17, 15) is 4.79 Å². The predicted molar refractivity (Wildman–Crippen MR) is 97.1 cm³/mol. The predicted octanol–water partition coefficient (Wildman–Crippen LogP) is 4.28. The molecule has 3 nitrogen and oxygen atoms in total. The second kappa shape index (κ2) is 8.49. The van der Waals surface area contributed by atoms with Crippen LogP contribution in [-0.2, 0) is 4.79 Å². The highest BCUT2D eigenvalue weighted by atomic mass is 16.1. The number of carbonyl (C=O) groups excluding carboxylic acids is 1. The first-order chi connectivity index (χ1) is 11.0. The van der Waals surface area contributed by atoms with Gasteiger partial charge in [0.25, 0.3) is 0 Å². The molecule has 0 N–H and O–H groups in total. The van der Waals surface area contributed by atoms with E-state index in [0.717, 1.165) is 31.5 Å². The Bertz CT molecular complexity index is 510. The summed E-state index contributed by atoms with van der Waals surface area (Å²) in [6.45, 7) is 11.4. The van der Waals surface area contributed by atoms with Crippen LogP contribution in [0.1, 0.15) is 59.8 Å². The summed E-state index contributed by atoms with van der Waals surface area (Å²) in [5.41, 5.74) is 3.37. The van der Waals surface area contributed by atoms with Crippen molar-refractivity contribution in [1.29, 1.82) is 0 Å². The topological polar surface area (TPSA) is 23.6 Å². The van der Waals surface area contributed by atoms with Gasteiger partial charge in [-0.1, -0.05) is 31.4 Å². The van der Waals surface area contributed by atoms with E-state index in [1.54, 1.807) is 0 Å². The lowest BCUT2D eigenvalue weighted by molar-refractivity contribution is -0.116. The summed E-state index contributed by atoms with van der Waals surface area (Å²) in [5, 5.41) is 0. The molecule has 0 aromatic heterocycles. The van der Waals surface area contributed by atoms with E-state index < -0.39 is 0 Å². The second-order valence-electron chi connectivity index (χ2n) is 6.95. The van der Waals surface area contributed by atoms with Gasteiger partial charge in [0.1, 0.15) is 0 Å². The van der Waals surface area contributed by atoms with Gasteiger partial charge >= 0.3 is 0 Å². The van der Waals surface area contributed by atoms with Crippen molar-refractivity contribution >= 4 is 5.78 Å². The number of ketones is 1. The smallest absolute Gasteiger partial charge is 0.178 e. The Hall–Kier alpha value is -1.35. The molecule has 2 aliphatic rings. The fourth-order valence-corrected chi connectivity index (χ4v) is 3.31. The minimum Gasteiger partial charge on any atom is -0.345 e. The number of rotatable bonds is 6. The number of piperidine rings is 1. The van der Waals surface area contributed by atoms with E-state index >= 15 is 0 Å². The zero-order valence-corrected chi connectivity index (χ0v) is 15.3. The lowest BCUT2D eigenvalue weighted by Crippen LogP contribution is -2.37. The van der Waals surface area contributed by atoms with Crippen LogP contribution in [0.5, 0.6) is 0 Å². The Balaban J connectivity index is 2.10. The van der Waals surface area contributed by atoms with Gasteiger partial charge in [0, 0.05) is 17.5 Å². The minimum atomic E-state index is 0.256. The van der Waals surface area contributed by atoms with Crippen molar-refractivity contribution in [2.24, 2.45) is 0 Å². The lowest BCUT2D eigenvalue weighted by atomic mass is 9.98. The molecule has 0 aromatic carbocycles. The molecule has 2 aliphatic heterocycles. The molecule has 1 atom stereocenters. The molecule has 2 heterocycles. The van der Waals surface area contributed by atoms with Crippen molar-refractivity contribution in [2.75, 3.05) is 19.6 Å². The van der Waals surface area contributed by atoms with E-state index in [4.69, 9.17) is 0 Å². The highest BCUT2D eigenvalue weighted by Gasteiger charge is 2.23. The number of hydrogen-bond donors (Lipinski definition) is 0. The zero-order valence-electron chi connectivity index (χ0n) is 15.3.